The zero-order valence-corrected chi connectivity index (χ0v) is 7.44. The zero-order chi connectivity index (χ0) is 10.3. The molecule has 0 radical (unpaired) electrons. The molecule has 1 aromatic carbocycles. The molecule has 2 N–H and O–H groups in total. The Hall–Kier alpha value is -1.97. The van der Waals surface area contributed by atoms with Crippen molar-refractivity contribution in [1.82, 2.24) is 0 Å². The van der Waals surface area contributed by atoms with Gasteiger partial charge in [0, 0.05) is 0 Å². The van der Waals surface area contributed by atoms with E-state index in [9.17, 15) is 9.90 Å². The van der Waals surface area contributed by atoms with E-state index in [1.165, 1.54) is 18.4 Å². The van der Waals surface area contributed by atoms with Crippen LogP contribution in [0.15, 0.2) is 22.8 Å². The molecule has 4 nitrogen and oxygen atoms in total. The van der Waals surface area contributed by atoms with Gasteiger partial charge in [-0.3, -0.25) is 0 Å². The molecule has 0 spiro atoms. The van der Waals surface area contributed by atoms with Crippen LogP contribution in [-0.2, 0) is 0 Å². The minimum absolute atomic E-state index is 0.109. The lowest BCUT2D eigenvalue weighted by molar-refractivity contribution is 0.0694. The summed E-state index contributed by atoms with van der Waals surface area (Å²) in [5.74, 6) is -1.38. The van der Waals surface area contributed by atoms with Crippen LogP contribution in [0.4, 0.5) is 0 Å². The minimum Gasteiger partial charge on any atom is -0.506 e. The number of carbonyl (C=O) groups is 1. The summed E-state index contributed by atoms with van der Waals surface area (Å²) in [6, 6.07) is 2.86. The second-order valence-electron chi connectivity index (χ2n) is 3.06. The molecule has 2 rings (SSSR count). The summed E-state index contributed by atoms with van der Waals surface area (Å²) in [7, 11) is 0. The molecule has 72 valence electrons. The highest BCUT2D eigenvalue weighted by Crippen LogP contribution is 2.32. The first kappa shape index (κ1) is 8.62. The number of fused-ring (bicyclic) bond motifs is 1. The Balaban J connectivity index is 2.86. The van der Waals surface area contributed by atoms with Crippen LogP contribution in [0.25, 0.3) is 11.0 Å². The number of carboxylic acids is 1. The molecule has 0 unspecified atom stereocenters. The lowest BCUT2D eigenvalue weighted by Gasteiger charge is -2.00. The quantitative estimate of drug-likeness (QED) is 0.726. The first-order valence-electron chi connectivity index (χ1n) is 4.04. The van der Waals surface area contributed by atoms with Crippen LogP contribution in [0.1, 0.15) is 15.9 Å². The molecule has 0 bridgehead atoms. The molecule has 2 aromatic rings. The maximum Gasteiger partial charge on any atom is 0.339 e. The van der Waals surface area contributed by atoms with Gasteiger partial charge in [0.05, 0.1) is 11.6 Å². The first-order chi connectivity index (χ1) is 6.61. The van der Waals surface area contributed by atoms with Crippen LogP contribution < -0.4 is 0 Å². The van der Waals surface area contributed by atoms with Gasteiger partial charge in [0.2, 0.25) is 0 Å². The van der Waals surface area contributed by atoms with E-state index in [0.717, 1.165) is 5.56 Å². The minimum atomic E-state index is -1.15. The van der Waals surface area contributed by atoms with Crippen LogP contribution in [-0.4, -0.2) is 16.2 Å². The standard InChI is InChI=1S/C10H8O4/c1-5-4-14-7-3-2-6(10(12)13)9(11)8(5)7/h2-4,11H,1H3,(H,12,13). The third kappa shape index (κ3) is 1.04. The number of aromatic hydroxyl groups is 1. The van der Waals surface area contributed by atoms with Gasteiger partial charge >= 0.3 is 5.97 Å². The molecular weight excluding hydrogens is 184 g/mol. The fourth-order valence-corrected chi connectivity index (χ4v) is 1.44. The molecule has 4 heteroatoms. The molecule has 0 aliphatic rings. The van der Waals surface area contributed by atoms with Crippen LogP contribution in [0.2, 0.25) is 0 Å². The number of hydrogen-bond donors (Lipinski definition) is 2. The van der Waals surface area contributed by atoms with Gasteiger partial charge in [-0.05, 0) is 24.6 Å². The Labute approximate surface area is 79.4 Å². The van der Waals surface area contributed by atoms with Gasteiger partial charge in [-0.25, -0.2) is 4.79 Å². The highest BCUT2D eigenvalue weighted by Gasteiger charge is 2.15. The van der Waals surface area contributed by atoms with Gasteiger partial charge in [0.1, 0.15) is 16.9 Å². The van der Waals surface area contributed by atoms with Crippen LogP contribution in [0.3, 0.4) is 0 Å². The van der Waals surface area contributed by atoms with Crippen molar-refractivity contribution in [2.75, 3.05) is 0 Å². The van der Waals surface area contributed by atoms with Gasteiger partial charge in [-0.1, -0.05) is 0 Å². The Morgan fingerprint density at radius 3 is 2.79 bits per heavy atom. The summed E-state index contributed by atoms with van der Waals surface area (Å²) in [6.45, 7) is 1.75. The van der Waals surface area contributed by atoms with Gasteiger partial charge < -0.3 is 14.6 Å². The van der Waals surface area contributed by atoms with Gasteiger partial charge in [-0.15, -0.1) is 0 Å². The van der Waals surface area contributed by atoms with Crippen molar-refractivity contribution in [2.45, 2.75) is 6.92 Å². The van der Waals surface area contributed by atoms with Crippen molar-refractivity contribution in [1.29, 1.82) is 0 Å². The smallest absolute Gasteiger partial charge is 0.339 e. The number of hydrogen-bond acceptors (Lipinski definition) is 3. The Kier molecular flexibility index (Phi) is 1.70. The van der Waals surface area contributed by atoms with Gasteiger partial charge in [0.25, 0.3) is 0 Å². The Morgan fingerprint density at radius 1 is 1.43 bits per heavy atom. The average molecular weight is 192 g/mol. The first-order valence-corrected chi connectivity index (χ1v) is 4.04. The largest absolute Gasteiger partial charge is 0.506 e. The number of phenols is 1. The number of furan rings is 1. The molecule has 14 heavy (non-hydrogen) atoms. The highest BCUT2D eigenvalue weighted by atomic mass is 16.4. The zero-order valence-electron chi connectivity index (χ0n) is 7.44. The third-order valence-electron chi connectivity index (χ3n) is 2.13. The topological polar surface area (TPSA) is 70.7 Å². The van der Waals surface area contributed by atoms with Crippen molar-refractivity contribution in [3.63, 3.8) is 0 Å². The van der Waals surface area contributed by atoms with E-state index in [4.69, 9.17) is 9.52 Å². The van der Waals surface area contributed by atoms with E-state index in [0.29, 0.717) is 11.0 Å². The molecule has 0 fully saturated rings. The Morgan fingerprint density at radius 2 is 2.14 bits per heavy atom. The molecule has 0 atom stereocenters. The van der Waals surface area contributed by atoms with Gasteiger partial charge in [0.15, 0.2) is 0 Å². The van der Waals surface area contributed by atoms with E-state index in [-0.39, 0.29) is 11.3 Å². The maximum atomic E-state index is 10.7. The van der Waals surface area contributed by atoms with Gasteiger partial charge in [-0.2, -0.15) is 0 Å². The van der Waals surface area contributed by atoms with E-state index >= 15 is 0 Å². The predicted octanol–water partition coefficient (Wildman–Crippen LogP) is 2.15. The fraction of sp³-hybridized carbons (Fsp3) is 0.100. The number of aryl methyl sites for hydroxylation is 1. The number of rotatable bonds is 1. The van der Waals surface area contributed by atoms with Crippen LogP contribution >= 0.6 is 0 Å². The molecule has 0 aliphatic heterocycles. The molecule has 0 saturated carbocycles. The predicted molar refractivity (Wildman–Crippen MR) is 49.6 cm³/mol. The normalized spacial score (nSPS) is 10.6. The summed E-state index contributed by atoms with van der Waals surface area (Å²) in [5, 5.41) is 18.9. The van der Waals surface area contributed by atoms with Crippen molar-refractivity contribution < 1.29 is 19.4 Å². The number of benzene rings is 1. The Bertz CT molecular complexity index is 510. The number of aromatic carboxylic acids is 1. The summed E-state index contributed by atoms with van der Waals surface area (Å²) >= 11 is 0. The summed E-state index contributed by atoms with van der Waals surface area (Å²) < 4.78 is 5.11. The van der Waals surface area contributed by atoms with Crippen molar-refractivity contribution in [3.8, 4) is 5.75 Å². The summed E-state index contributed by atoms with van der Waals surface area (Å²) in [5.41, 5.74) is 1.10. The molecule has 0 aliphatic carbocycles. The molecule has 1 heterocycles. The van der Waals surface area contributed by atoms with E-state index in [2.05, 4.69) is 0 Å². The monoisotopic (exact) mass is 192 g/mol. The van der Waals surface area contributed by atoms with Crippen molar-refractivity contribution >= 4 is 16.9 Å². The number of carboxylic acid groups (broad SMARTS) is 1. The maximum absolute atomic E-state index is 10.7. The van der Waals surface area contributed by atoms with E-state index in [1.54, 1.807) is 6.92 Å². The lowest BCUT2D eigenvalue weighted by Crippen LogP contribution is -1.96. The fourth-order valence-electron chi connectivity index (χ4n) is 1.44. The highest BCUT2D eigenvalue weighted by molar-refractivity contribution is 5.99. The molecule has 0 amide bonds. The van der Waals surface area contributed by atoms with E-state index in [1.807, 2.05) is 0 Å². The summed E-state index contributed by atoms with van der Waals surface area (Å²) in [4.78, 5) is 10.7. The molecular formula is C10H8O4. The van der Waals surface area contributed by atoms with Crippen molar-refractivity contribution in [3.05, 3.63) is 29.5 Å². The third-order valence-corrected chi connectivity index (χ3v) is 2.13. The van der Waals surface area contributed by atoms with E-state index < -0.39 is 5.97 Å². The molecule has 0 saturated heterocycles. The van der Waals surface area contributed by atoms with Crippen LogP contribution in [0, 0.1) is 6.92 Å². The second-order valence-corrected chi connectivity index (χ2v) is 3.06. The van der Waals surface area contributed by atoms with Crippen LogP contribution in [0.5, 0.6) is 5.75 Å². The lowest BCUT2D eigenvalue weighted by atomic mass is 10.1. The SMILES string of the molecule is Cc1coc2ccc(C(=O)O)c(O)c12. The van der Waals surface area contributed by atoms with Crippen molar-refractivity contribution in [2.24, 2.45) is 0 Å². The summed E-state index contributed by atoms with van der Waals surface area (Å²) in [6.07, 6.45) is 1.48. The second kappa shape index (κ2) is 2.77. The average Bonchev–Trinajstić information content (AvgIpc) is 2.48. The molecule has 1 aromatic heterocycles.